The second-order valence-electron chi connectivity index (χ2n) is 2.93. The maximum Gasteiger partial charge on any atom is 0.263 e. The molecule has 0 aliphatic carbocycles. The molecule has 1 aromatic carbocycles. The molecular weight excluding hydrogens is 281 g/mol. The molecule has 0 saturated heterocycles. The lowest BCUT2D eigenvalue weighted by Crippen LogP contribution is -2.25. The zero-order chi connectivity index (χ0) is 11.0. The second-order valence-corrected chi connectivity index (χ2v) is 4.12. The van der Waals surface area contributed by atoms with Gasteiger partial charge in [-0.3, -0.25) is 9.36 Å². The summed E-state index contributed by atoms with van der Waals surface area (Å²) in [6.45, 7) is 0.0210. The van der Waals surface area contributed by atoms with Crippen LogP contribution in [0, 0.1) is 0 Å². The maximum absolute atomic E-state index is 11.9. The van der Waals surface area contributed by atoms with Crippen molar-refractivity contribution in [3.63, 3.8) is 0 Å². The number of hydrogen-bond donors (Lipinski definition) is 1. The minimum atomic E-state index is -0.228. The van der Waals surface area contributed by atoms with Crippen molar-refractivity contribution >= 4 is 38.4 Å². The van der Waals surface area contributed by atoms with Gasteiger partial charge >= 0.3 is 0 Å². The van der Waals surface area contributed by atoms with Gasteiger partial charge in [0.2, 0.25) is 5.28 Å². The number of fused-ring (bicyclic) bond motifs is 1. The molecule has 1 aromatic heterocycles. The van der Waals surface area contributed by atoms with Crippen LogP contribution in [0.3, 0.4) is 0 Å². The van der Waals surface area contributed by atoms with Crippen molar-refractivity contribution in [1.82, 2.24) is 9.55 Å². The number of aromatic nitrogens is 2. The highest BCUT2D eigenvalue weighted by molar-refractivity contribution is 9.10. The first kappa shape index (κ1) is 10.6. The predicted molar refractivity (Wildman–Crippen MR) is 62.9 cm³/mol. The molecule has 0 atom stereocenters. The monoisotopic (exact) mass is 287 g/mol. The molecule has 6 heteroatoms. The van der Waals surface area contributed by atoms with E-state index in [1.165, 1.54) is 4.57 Å². The first-order valence-electron chi connectivity index (χ1n) is 4.20. The summed E-state index contributed by atoms with van der Waals surface area (Å²) in [5.41, 5.74) is 5.73. The zero-order valence-electron chi connectivity index (χ0n) is 7.58. The van der Waals surface area contributed by atoms with Gasteiger partial charge in [0.15, 0.2) is 0 Å². The highest BCUT2D eigenvalue weighted by Crippen LogP contribution is 2.20. The minimum Gasteiger partial charge on any atom is -0.313 e. The third kappa shape index (κ3) is 1.67. The van der Waals surface area contributed by atoms with E-state index >= 15 is 0 Å². The van der Waals surface area contributed by atoms with E-state index in [1.807, 2.05) is 0 Å². The number of hydrogen-bond acceptors (Lipinski definition) is 3. The van der Waals surface area contributed by atoms with E-state index in [0.29, 0.717) is 10.9 Å². The van der Waals surface area contributed by atoms with E-state index in [0.717, 1.165) is 4.47 Å². The van der Waals surface area contributed by atoms with Crippen molar-refractivity contribution in [3.8, 4) is 0 Å². The van der Waals surface area contributed by atoms with Crippen LogP contribution < -0.4 is 11.3 Å². The van der Waals surface area contributed by atoms with Gasteiger partial charge in [0, 0.05) is 4.47 Å². The summed E-state index contributed by atoms with van der Waals surface area (Å²) in [5.74, 6) is 0. The zero-order valence-corrected chi connectivity index (χ0v) is 9.92. The Kier molecular flexibility index (Phi) is 2.77. The highest BCUT2D eigenvalue weighted by atomic mass is 79.9. The van der Waals surface area contributed by atoms with Gasteiger partial charge in [-0.05, 0) is 39.7 Å². The van der Waals surface area contributed by atoms with Crippen LogP contribution in [0.5, 0.6) is 0 Å². The fourth-order valence-corrected chi connectivity index (χ4v) is 2.03. The molecule has 2 N–H and O–H groups in total. The Morgan fingerprint density at radius 2 is 2.27 bits per heavy atom. The molecule has 1 heterocycles. The van der Waals surface area contributed by atoms with E-state index in [4.69, 9.17) is 17.3 Å². The summed E-state index contributed by atoms with van der Waals surface area (Å²) >= 11 is 9.14. The fourth-order valence-electron chi connectivity index (χ4n) is 1.34. The lowest BCUT2D eigenvalue weighted by Gasteiger charge is -2.06. The lowest BCUT2D eigenvalue weighted by molar-refractivity contribution is 0.693. The summed E-state index contributed by atoms with van der Waals surface area (Å²) in [5, 5.41) is 0.598. The van der Waals surface area contributed by atoms with E-state index in [-0.39, 0.29) is 17.5 Å². The third-order valence-electron chi connectivity index (χ3n) is 2.07. The average Bonchev–Trinajstić information content (AvgIpc) is 2.20. The number of nitrogens with two attached hydrogens (primary N) is 1. The van der Waals surface area contributed by atoms with Crippen LogP contribution in [0.15, 0.2) is 27.5 Å². The summed E-state index contributed by atoms with van der Waals surface area (Å²) in [6.07, 6.45) is 0. The molecule has 0 radical (unpaired) electrons. The summed E-state index contributed by atoms with van der Waals surface area (Å²) in [4.78, 5) is 16.0. The number of rotatable bonds is 1. The molecule has 0 amide bonds. The summed E-state index contributed by atoms with van der Waals surface area (Å²) in [6, 6.07) is 5.26. The molecule has 2 rings (SSSR count). The largest absolute Gasteiger partial charge is 0.313 e. The van der Waals surface area contributed by atoms with Gasteiger partial charge in [-0.2, -0.15) is 0 Å². The molecule has 0 aliphatic rings. The van der Waals surface area contributed by atoms with Gasteiger partial charge in [0.25, 0.3) is 5.56 Å². The molecule has 0 bridgehead atoms. The quantitative estimate of drug-likeness (QED) is 0.813. The van der Waals surface area contributed by atoms with Crippen LogP contribution in [0.1, 0.15) is 0 Å². The molecule has 4 nitrogen and oxygen atoms in total. The Balaban J connectivity index is 2.98. The van der Waals surface area contributed by atoms with Crippen molar-refractivity contribution in [1.29, 1.82) is 0 Å². The number of benzene rings is 1. The molecule has 0 saturated carbocycles. The van der Waals surface area contributed by atoms with Crippen LogP contribution in [0.4, 0.5) is 0 Å². The Morgan fingerprint density at radius 3 is 2.93 bits per heavy atom. The molecule has 0 spiro atoms. The van der Waals surface area contributed by atoms with Crippen molar-refractivity contribution < 1.29 is 0 Å². The Morgan fingerprint density at radius 1 is 1.53 bits per heavy atom. The third-order valence-corrected chi connectivity index (χ3v) is 3.00. The normalized spacial score (nSPS) is 10.9. The molecule has 0 aliphatic heterocycles. The van der Waals surface area contributed by atoms with Crippen molar-refractivity contribution in [3.05, 3.63) is 38.3 Å². The number of para-hydroxylation sites is 1. The van der Waals surface area contributed by atoms with Gasteiger partial charge in [-0.15, -0.1) is 0 Å². The van der Waals surface area contributed by atoms with Gasteiger partial charge < -0.3 is 5.73 Å². The Labute approximate surface area is 98.8 Å². The minimum absolute atomic E-state index is 0.0210. The van der Waals surface area contributed by atoms with Crippen LogP contribution in [-0.2, 0) is 6.67 Å². The van der Waals surface area contributed by atoms with E-state index in [9.17, 15) is 4.79 Å². The number of nitrogens with zero attached hydrogens (tertiary/aromatic N) is 2. The SMILES string of the molecule is NCn1c(Cl)nc2c(Br)cccc2c1=O. The summed E-state index contributed by atoms with van der Waals surface area (Å²) in [7, 11) is 0. The molecule has 15 heavy (non-hydrogen) atoms. The van der Waals surface area contributed by atoms with E-state index < -0.39 is 0 Å². The van der Waals surface area contributed by atoms with Crippen LogP contribution in [0.2, 0.25) is 5.28 Å². The highest BCUT2D eigenvalue weighted by Gasteiger charge is 2.09. The predicted octanol–water partition coefficient (Wildman–Crippen LogP) is 1.73. The molecular formula is C9H7BrClN3O. The smallest absolute Gasteiger partial charge is 0.263 e. The Hall–Kier alpha value is -0.910. The number of halogens is 2. The van der Waals surface area contributed by atoms with Crippen LogP contribution >= 0.6 is 27.5 Å². The van der Waals surface area contributed by atoms with Gasteiger partial charge in [-0.1, -0.05) is 6.07 Å². The van der Waals surface area contributed by atoms with Crippen molar-refractivity contribution in [2.24, 2.45) is 5.73 Å². The standard InChI is InChI=1S/C9H7BrClN3O/c10-6-3-1-2-5-7(6)13-9(11)14(4-12)8(5)15/h1-3H,4,12H2. The first-order valence-corrected chi connectivity index (χ1v) is 5.37. The second kappa shape index (κ2) is 3.92. The van der Waals surface area contributed by atoms with Crippen LogP contribution in [0.25, 0.3) is 10.9 Å². The lowest BCUT2D eigenvalue weighted by atomic mass is 10.2. The van der Waals surface area contributed by atoms with Crippen molar-refractivity contribution in [2.45, 2.75) is 6.67 Å². The van der Waals surface area contributed by atoms with E-state index in [2.05, 4.69) is 20.9 Å². The Bertz CT molecular complexity index is 581. The van der Waals surface area contributed by atoms with Gasteiger partial charge in [0.1, 0.15) is 0 Å². The molecule has 0 fully saturated rings. The molecule has 78 valence electrons. The van der Waals surface area contributed by atoms with Gasteiger partial charge in [-0.25, -0.2) is 4.98 Å². The molecule has 0 unspecified atom stereocenters. The topological polar surface area (TPSA) is 60.9 Å². The van der Waals surface area contributed by atoms with E-state index in [1.54, 1.807) is 18.2 Å². The summed E-state index contributed by atoms with van der Waals surface area (Å²) < 4.78 is 1.96. The first-order chi connectivity index (χ1) is 7.15. The van der Waals surface area contributed by atoms with Gasteiger partial charge in [0.05, 0.1) is 17.6 Å². The van der Waals surface area contributed by atoms with Crippen LogP contribution in [-0.4, -0.2) is 9.55 Å². The van der Waals surface area contributed by atoms with Crippen molar-refractivity contribution in [2.75, 3.05) is 0 Å². The average molecular weight is 289 g/mol. The maximum atomic E-state index is 11.9. The fraction of sp³-hybridized carbons (Fsp3) is 0.111. The molecule has 2 aromatic rings.